The van der Waals surface area contributed by atoms with Crippen LogP contribution in [0.5, 0.6) is 5.75 Å². The van der Waals surface area contributed by atoms with Crippen molar-refractivity contribution in [1.29, 1.82) is 0 Å². The molecule has 0 aliphatic carbocycles. The first-order valence-electron chi connectivity index (χ1n) is 4.76. The molecule has 1 rings (SSSR count). The highest BCUT2D eigenvalue weighted by molar-refractivity contribution is 5.58. The first-order valence-corrected chi connectivity index (χ1v) is 4.76. The topological polar surface area (TPSA) is 61.3 Å². The molecule has 0 heterocycles. The van der Waals surface area contributed by atoms with E-state index in [4.69, 9.17) is 11.5 Å². The number of nitrogens with two attached hydrogens (primary N) is 2. The third kappa shape index (κ3) is 4.66. The Bertz CT molecular complexity index is 446. The molecule has 1 aromatic carbocycles. The van der Waals surface area contributed by atoms with E-state index in [0.29, 0.717) is 18.5 Å². The van der Waals surface area contributed by atoms with Crippen LogP contribution in [0.4, 0.5) is 18.9 Å². The summed E-state index contributed by atoms with van der Waals surface area (Å²) in [5, 5.41) is 0. The molecule has 0 saturated carbocycles. The maximum atomic E-state index is 11.9. The molecule has 0 amide bonds. The molecule has 6 heteroatoms. The van der Waals surface area contributed by atoms with Gasteiger partial charge in [-0.3, -0.25) is 0 Å². The van der Waals surface area contributed by atoms with Crippen LogP contribution in [-0.2, 0) is 0 Å². The Morgan fingerprint density at radius 1 is 1.29 bits per heavy atom. The third-order valence-corrected chi connectivity index (χ3v) is 1.75. The van der Waals surface area contributed by atoms with E-state index in [1.54, 1.807) is 0 Å². The summed E-state index contributed by atoms with van der Waals surface area (Å²) >= 11 is 0. The lowest BCUT2D eigenvalue weighted by atomic mass is 10.1. The highest BCUT2D eigenvalue weighted by atomic mass is 19.4. The van der Waals surface area contributed by atoms with Crippen molar-refractivity contribution in [3.8, 4) is 17.6 Å². The highest BCUT2D eigenvalue weighted by Gasteiger charge is 2.31. The number of alkyl halides is 3. The number of hydrogen-bond donors (Lipinski definition) is 2. The first-order chi connectivity index (χ1) is 7.92. The van der Waals surface area contributed by atoms with Crippen molar-refractivity contribution in [3.63, 3.8) is 0 Å². The van der Waals surface area contributed by atoms with Crippen molar-refractivity contribution >= 4 is 5.69 Å². The maximum absolute atomic E-state index is 11.9. The van der Waals surface area contributed by atoms with E-state index in [0.717, 1.165) is 12.1 Å². The van der Waals surface area contributed by atoms with E-state index in [-0.39, 0.29) is 11.4 Å². The normalized spacial score (nSPS) is 10.6. The summed E-state index contributed by atoms with van der Waals surface area (Å²) in [7, 11) is 0. The molecule has 0 aliphatic heterocycles. The Labute approximate surface area is 96.5 Å². The van der Waals surface area contributed by atoms with Crippen LogP contribution in [0, 0.1) is 11.8 Å². The monoisotopic (exact) mass is 244 g/mol. The van der Waals surface area contributed by atoms with E-state index in [1.807, 2.05) is 0 Å². The minimum absolute atomic E-state index is 0.135. The molecule has 0 radical (unpaired) electrons. The van der Waals surface area contributed by atoms with Gasteiger partial charge in [0.05, 0.1) is 5.69 Å². The summed E-state index contributed by atoms with van der Waals surface area (Å²) in [6.45, 7) is 0.419. The van der Waals surface area contributed by atoms with E-state index < -0.39 is 6.36 Å². The van der Waals surface area contributed by atoms with Gasteiger partial charge in [-0.2, -0.15) is 0 Å². The average molecular weight is 244 g/mol. The molecule has 1 aromatic rings. The third-order valence-electron chi connectivity index (χ3n) is 1.75. The van der Waals surface area contributed by atoms with Crippen LogP contribution >= 0.6 is 0 Å². The molecule has 3 nitrogen and oxygen atoms in total. The van der Waals surface area contributed by atoms with Gasteiger partial charge < -0.3 is 16.2 Å². The number of anilines is 1. The molecule has 92 valence electrons. The lowest BCUT2D eigenvalue weighted by molar-refractivity contribution is -0.274. The maximum Gasteiger partial charge on any atom is 0.573 e. The van der Waals surface area contributed by atoms with Gasteiger partial charge in [-0.1, -0.05) is 11.8 Å². The average Bonchev–Trinajstić information content (AvgIpc) is 2.19. The van der Waals surface area contributed by atoms with Crippen LogP contribution in [0.3, 0.4) is 0 Å². The van der Waals surface area contributed by atoms with E-state index in [1.165, 1.54) is 6.07 Å². The summed E-state index contributed by atoms with van der Waals surface area (Å²) in [6, 6.07) is 3.62. The van der Waals surface area contributed by atoms with Gasteiger partial charge in [-0.25, -0.2) is 0 Å². The van der Waals surface area contributed by atoms with Gasteiger partial charge in [-0.05, 0) is 12.1 Å². The smallest absolute Gasteiger partial charge is 0.406 e. The van der Waals surface area contributed by atoms with Crippen LogP contribution in [-0.4, -0.2) is 12.9 Å². The van der Waals surface area contributed by atoms with Crippen molar-refractivity contribution in [3.05, 3.63) is 23.8 Å². The van der Waals surface area contributed by atoms with E-state index in [2.05, 4.69) is 16.6 Å². The van der Waals surface area contributed by atoms with Crippen LogP contribution in [0.15, 0.2) is 18.2 Å². The van der Waals surface area contributed by atoms with Gasteiger partial charge in [0.2, 0.25) is 0 Å². The quantitative estimate of drug-likeness (QED) is 0.616. The molecule has 0 aliphatic rings. The van der Waals surface area contributed by atoms with Gasteiger partial charge in [0, 0.05) is 24.6 Å². The molecule has 0 saturated heterocycles. The molecule has 17 heavy (non-hydrogen) atoms. The predicted molar refractivity (Wildman–Crippen MR) is 58.1 cm³/mol. The van der Waals surface area contributed by atoms with Crippen molar-refractivity contribution in [2.45, 2.75) is 12.8 Å². The second-order valence-corrected chi connectivity index (χ2v) is 3.14. The standard InChI is InChI=1S/C11H11F3N2O/c12-11(13,14)17-9-5-4-8(10(16)7-9)3-1-2-6-15/h4-5,7H,2,6,15-16H2. The summed E-state index contributed by atoms with van der Waals surface area (Å²) in [5.41, 5.74) is 11.4. The predicted octanol–water partition coefficient (Wildman–Crippen LogP) is 1.87. The minimum Gasteiger partial charge on any atom is -0.406 e. The molecule has 0 bridgehead atoms. The van der Waals surface area contributed by atoms with Crippen molar-refractivity contribution < 1.29 is 17.9 Å². The van der Waals surface area contributed by atoms with Gasteiger partial charge in [0.1, 0.15) is 5.75 Å². The Morgan fingerprint density at radius 2 is 2.00 bits per heavy atom. The number of halogens is 3. The number of benzene rings is 1. The number of nitrogen functional groups attached to an aromatic ring is 1. The van der Waals surface area contributed by atoms with Crippen LogP contribution in [0.2, 0.25) is 0 Å². The fraction of sp³-hybridized carbons (Fsp3) is 0.273. The molecule has 0 aromatic heterocycles. The Morgan fingerprint density at radius 3 is 2.53 bits per heavy atom. The molecular weight excluding hydrogens is 233 g/mol. The van der Waals surface area contributed by atoms with Crippen molar-refractivity contribution in [1.82, 2.24) is 0 Å². The lowest BCUT2D eigenvalue weighted by Gasteiger charge is -2.09. The summed E-state index contributed by atoms with van der Waals surface area (Å²) < 4.78 is 39.5. The highest BCUT2D eigenvalue weighted by Crippen LogP contribution is 2.25. The zero-order chi connectivity index (χ0) is 12.9. The van der Waals surface area contributed by atoms with Crippen LogP contribution in [0.25, 0.3) is 0 Å². The molecule has 0 unspecified atom stereocenters. The van der Waals surface area contributed by atoms with Gasteiger partial charge in [0.25, 0.3) is 0 Å². The van der Waals surface area contributed by atoms with Crippen LogP contribution in [0.1, 0.15) is 12.0 Å². The van der Waals surface area contributed by atoms with E-state index >= 15 is 0 Å². The lowest BCUT2D eigenvalue weighted by Crippen LogP contribution is -2.17. The van der Waals surface area contributed by atoms with Gasteiger partial charge in [-0.15, -0.1) is 13.2 Å². The fourth-order valence-electron chi connectivity index (χ4n) is 1.08. The van der Waals surface area contributed by atoms with Gasteiger partial charge >= 0.3 is 6.36 Å². The van der Waals surface area contributed by atoms with Gasteiger partial charge in [0.15, 0.2) is 0 Å². The minimum atomic E-state index is -4.72. The number of rotatable bonds is 2. The Hall–Kier alpha value is -1.87. The Balaban J connectivity index is 2.84. The largest absolute Gasteiger partial charge is 0.573 e. The summed E-state index contributed by atoms with van der Waals surface area (Å²) in [4.78, 5) is 0. The SMILES string of the molecule is NCCC#Cc1ccc(OC(F)(F)F)cc1N. The van der Waals surface area contributed by atoms with Crippen molar-refractivity contribution in [2.75, 3.05) is 12.3 Å². The van der Waals surface area contributed by atoms with E-state index in [9.17, 15) is 13.2 Å². The second-order valence-electron chi connectivity index (χ2n) is 3.14. The molecule has 4 N–H and O–H groups in total. The second kappa shape index (κ2) is 5.46. The Kier molecular flexibility index (Phi) is 4.24. The molecule has 0 atom stereocenters. The number of hydrogen-bond acceptors (Lipinski definition) is 3. The number of ether oxygens (including phenoxy) is 1. The summed E-state index contributed by atoms with van der Waals surface area (Å²) in [6.07, 6.45) is -4.22. The first kappa shape index (κ1) is 13.2. The van der Waals surface area contributed by atoms with Crippen molar-refractivity contribution in [2.24, 2.45) is 5.73 Å². The zero-order valence-corrected chi connectivity index (χ0v) is 8.84. The molecule has 0 spiro atoms. The molecular formula is C11H11F3N2O. The summed E-state index contributed by atoms with van der Waals surface area (Å²) in [5.74, 6) is 5.09. The van der Waals surface area contributed by atoms with Crippen LogP contribution < -0.4 is 16.2 Å². The fourth-order valence-corrected chi connectivity index (χ4v) is 1.08. The zero-order valence-electron chi connectivity index (χ0n) is 8.84. The molecule has 0 fully saturated rings.